The molecule has 6 nitrogen and oxygen atoms in total. The largest absolute Gasteiger partial charge is 0.369 e. The number of hydrogen-bond donors (Lipinski definition) is 1. The zero-order valence-corrected chi connectivity index (χ0v) is 15.7. The van der Waals surface area contributed by atoms with Crippen molar-refractivity contribution in [1.82, 2.24) is 4.90 Å². The van der Waals surface area contributed by atoms with E-state index in [-0.39, 0.29) is 30.9 Å². The van der Waals surface area contributed by atoms with Crippen molar-refractivity contribution in [3.05, 3.63) is 64.7 Å². The van der Waals surface area contributed by atoms with Gasteiger partial charge in [-0.2, -0.15) is 0 Å². The van der Waals surface area contributed by atoms with Gasteiger partial charge in [0.2, 0.25) is 5.91 Å². The molecule has 0 radical (unpaired) electrons. The molecule has 0 aliphatic carbocycles. The molecule has 3 rings (SSSR count). The summed E-state index contributed by atoms with van der Waals surface area (Å²) in [7, 11) is 0. The maximum Gasteiger partial charge on any atom is 0.262 e. The van der Waals surface area contributed by atoms with Crippen molar-refractivity contribution in [2.45, 2.75) is 19.4 Å². The maximum absolute atomic E-state index is 12.6. The normalized spacial score (nSPS) is 13.7. The third-order valence-electron chi connectivity index (χ3n) is 4.22. The highest BCUT2D eigenvalue weighted by atomic mass is 35.5. The van der Waals surface area contributed by atoms with Crippen molar-refractivity contribution in [3.8, 4) is 0 Å². The van der Waals surface area contributed by atoms with E-state index in [1.165, 1.54) is 4.90 Å². The summed E-state index contributed by atoms with van der Waals surface area (Å²) in [6.45, 7) is 3.29. The smallest absolute Gasteiger partial charge is 0.262 e. The number of ether oxygens (including phenoxy) is 1. The first-order chi connectivity index (χ1) is 12.8. The predicted octanol–water partition coefficient (Wildman–Crippen LogP) is 3.37. The summed E-state index contributed by atoms with van der Waals surface area (Å²) < 4.78 is 5.48. The molecule has 1 aliphatic heterocycles. The van der Waals surface area contributed by atoms with Crippen molar-refractivity contribution in [2.24, 2.45) is 0 Å². The molecule has 140 valence electrons. The number of rotatable bonds is 6. The lowest BCUT2D eigenvalue weighted by atomic mass is 10.0. The number of hydrogen-bond acceptors (Lipinski definition) is 4. The quantitative estimate of drug-likeness (QED) is 0.772. The van der Waals surface area contributed by atoms with Crippen molar-refractivity contribution in [1.29, 1.82) is 0 Å². The lowest BCUT2D eigenvalue weighted by molar-refractivity contribution is -0.121. The molecule has 1 heterocycles. The molecule has 0 bridgehead atoms. The van der Waals surface area contributed by atoms with Crippen LogP contribution in [0.3, 0.4) is 0 Å². The Morgan fingerprint density at radius 1 is 1.04 bits per heavy atom. The number of nitrogens with zero attached hydrogens (tertiary/aromatic N) is 1. The van der Waals surface area contributed by atoms with Gasteiger partial charge in [0.25, 0.3) is 11.8 Å². The van der Waals surface area contributed by atoms with Gasteiger partial charge in [0.05, 0.1) is 23.3 Å². The summed E-state index contributed by atoms with van der Waals surface area (Å²) in [5.74, 6) is -1.04. The van der Waals surface area contributed by atoms with E-state index in [4.69, 9.17) is 16.3 Å². The molecular formula is C20H19ClN2O4. The van der Waals surface area contributed by atoms with E-state index in [0.717, 1.165) is 0 Å². The summed E-state index contributed by atoms with van der Waals surface area (Å²) in [5.41, 5.74) is 0.480. The second-order valence-electron chi connectivity index (χ2n) is 6.85. The van der Waals surface area contributed by atoms with Crippen LogP contribution in [0, 0.1) is 0 Å². The molecule has 3 amide bonds. The van der Waals surface area contributed by atoms with Crippen LogP contribution < -0.4 is 5.32 Å². The van der Waals surface area contributed by atoms with Crippen molar-refractivity contribution < 1.29 is 19.1 Å². The van der Waals surface area contributed by atoms with E-state index in [0.29, 0.717) is 21.8 Å². The van der Waals surface area contributed by atoms with Crippen LogP contribution >= 0.6 is 11.6 Å². The number of carbonyl (C=O) groups excluding carboxylic acids is 3. The average molecular weight is 387 g/mol. The Hall–Kier alpha value is -2.70. The standard InChI is InChI=1S/C20H19ClN2O4/c1-20(2,23-18(25)15-5-3-4-6-16(15)19(23)26)12-27-11-17(24)22-14-9-7-13(21)8-10-14/h3-10H,11-12H2,1-2H3,(H,22,24). The Kier molecular flexibility index (Phi) is 5.30. The van der Waals surface area contributed by atoms with Gasteiger partial charge in [-0.3, -0.25) is 19.3 Å². The summed E-state index contributed by atoms with van der Waals surface area (Å²) in [5, 5.41) is 3.26. The molecule has 0 saturated heterocycles. The molecule has 0 fully saturated rings. The van der Waals surface area contributed by atoms with Crippen molar-refractivity contribution >= 4 is 35.0 Å². The molecule has 2 aromatic carbocycles. The minimum atomic E-state index is -0.895. The molecule has 0 aromatic heterocycles. The Morgan fingerprint density at radius 2 is 1.59 bits per heavy atom. The highest BCUT2D eigenvalue weighted by molar-refractivity contribution is 6.30. The Morgan fingerprint density at radius 3 is 2.15 bits per heavy atom. The molecule has 0 spiro atoms. The van der Waals surface area contributed by atoms with Gasteiger partial charge in [0.1, 0.15) is 6.61 Å². The summed E-state index contributed by atoms with van der Waals surface area (Å²) in [6, 6.07) is 13.4. The van der Waals surface area contributed by atoms with Crippen molar-refractivity contribution in [3.63, 3.8) is 0 Å². The number of imide groups is 1. The first-order valence-corrected chi connectivity index (χ1v) is 8.78. The minimum Gasteiger partial charge on any atom is -0.369 e. The number of nitrogens with one attached hydrogen (secondary N) is 1. The Bertz CT molecular complexity index is 858. The Labute approximate surface area is 162 Å². The van der Waals surface area contributed by atoms with E-state index in [1.54, 1.807) is 62.4 Å². The molecule has 0 atom stereocenters. The van der Waals surface area contributed by atoms with E-state index in [9.17, 15) is 14.4 Å². The molecule has 7 heteroatoms. The van der Waals surface area contributed by atoms with Gasteiger partial charge in [-0.25, -0.2) is 0 Å². The van der Waals surface area contributed by atoms with E-state index >= 15 is 0 Å². The fourth-order valence-corrected chi connectivity index (χ4v) is 3.05. The predicted molar refractivity (Wildman–Crippen MR) is 102 cm³/mol. The van der Waals surface area contributed by atoms with E-state index in [1.807, 2.05) is 0 Å². The van der Waals surface area contributed by atoms with Crippen LogP contribution in [-0.4, -0.2) is 41.4 Å². The van der Waals surface area contributed by atoms with Crippen LogP contribution in [0.4, 0.5) is 5.69 Å². The fourth-order valence-electron chi connectivity index (χ4n) is 2.93. The monoisotopic (exact) mass is 386 g/mol. The van der Waals surface area contributed by atoms with Gasteiger partial charge in [-0.15, -0.1) is 0 Å². The van der Waals surface area contributed by atoms with Crippen LogP contribution in [0.1, 0.15) is 34.6 Å². The number of anilines is 1. The summed E-state index contributed by atoms with van der Waals surface area (Å²) >= 11 is 5.80. The first-order valence-electron chi connectivity index (χ1n) is 8.41. The van der Waals surface area contributed by atoms with Gasteiger partial charge >= 0.3 is 0 Å². The lowest BCUT2D eigenvalue weighted by Crippen LogP contribution is -2.50. The number of benzene rings is 2. The van der Waals surface area contributed by atoms with E-state index < -0.39 is 5.54 Å². The zero-order valence-electron chi connectivity index (χ0n) is 15.0. The molecule has 0 unspecified atom stereocenters. The van der Waals surface area contributed by atoms with Crippen molar-refractivity contribution in [2.75, 3.05) is 18.5 Å². The highest BCUT2D eigenvalue weighted by Gasteiger charge is 2.44. The third-order valence-corrected chi connectivity index (χ3v) is 4.47. The second kappa shape index (κ2) is 7.50. The summed E-state index contributed by atoms with van der Waals surface area (Å²) in [4.78, 5) is 38.3. The van der Waals surface area contributed by atoms with Gasteiger partial charge in [0, 0.05) is 10.7 Å². The van der Waals surface area contributed by atoms with Crippen LogP contribution in [0.15, 0.2) is 48.5 Å². The second-order valence-corrected chi connectivity index (χ2v) is 7.29. The number of fused-ring (bicyclic) bond motifs is 1. The maximum atomic E-state index is 12.6. The fraction of sp³-hybridized carbons (Fsp3) is 0.250. The van der Waals surface area contributed by atoms with Crippen LogP contribution in [0.5, 0.6) is 0 Å². The minimum absolute atomic E-state index is 0.0342. The number of amides is 3. The average Bonchev–Trinajstić information content (AvgIpc) is 2.89. The number of halogens is 1. The SMILES string of the molecule is CC(C)(COCC(=O)Nc1ccc(Cl)cc1)N1C(=O)c2ccccc2C1=O. The Balaban J connectivity index is 1.57. The molecular weight excluding hydrogens is 368 g/mol. The molecule has 27 heavy (non-hydrogen) atoms. The van der Waals surface area contributed by atoms with Crippen LogP contribution in [0.25, 0.3) is 0 Å². The molecule has 1 aliphatic rings. The van der Waals surface area contributed by atoms with Gasteiger partial charge in [0.15, 0.2) is 0 Å². The van der Waals surface area contributed by atoms with Crippen LogP contribution in [0.2, 0.25) is 5.02 Å². The zero-order chi connectivity index (χ0) is 19.6. The number of carbonyl (C=O) groups is 3. The first kappa shape index (κ1) is 19.1. The molecule has 0 saturated carbocycles. The molecule has 1 N–H and O–H groups in total. The lowest BCUT2D eigenvalue weighted by Gasteiger charge is -2.33. The van der Waals surface area contributed by atoms with Crippen LogP contribution in [-0.2, 0) is 9.53 Å². The van der Waals surface area contributed by atoms with Gasteiger partial charge in [-0.1, -0.05) is 23.7 Å². The van der Waals surface area contributed by atoms with E-state index in [2.05, 4.69) is 5.32 Å². The van der Waals surface area contributed by atoms with Gasteiger partial charge in [-0.05, 0) is 50.2 Å². The highest BCUT2D eigenvalue weighted by Crippen LogP contribution is 2.29. The topological polar surface area (TPSA) is 75.7 Å². The molecule has 2 aromatic rings. The summed E-state index contributed by atoms with van der Waals surface area (Å²) in [6.07, 6.45) is 0. The van der Waals surface area contributed by atoms with Gasteiger partial charge < -0.3 is 10.1 Å². The third kappa shape index (κ3) is 4.02.